The lowest BCUT2D eigenvalue weighted by atomic mass is 10.1. The zero-order chi connectivity index (χ0) is 16.2. The number of para-hydroxylation sites is 1. The van der Waals surface area contributed by atoms with Crippen LogP contribution in [0.3, 0.4) is 0 Å². The van der Waals surface area contributed by atoms with Crippen molar-refractivity contribution in [2.45, 2.75) is 38.8 Å². The molecule has 1 aromatic carbocycles. The van der Waals surface area contributed by atoms with Crippen LogP contribution in [0, 0.1) is 6.92 Å². The summed E-state index contributed by atoms with van der Waals surface area (Å²) in [4.78, 5) is 23.9. The third-order valence-corrected chi connectivity index (χ3v) is 4.17. The van der Waals surface area contributed by atoms with E-state index in [0.29, 0.717) is 19.5 Å². The number of amides is 3. The molecule has 0 radical (unpaired) electrons. The van der Waals surface area contributed by atoms with Crippen molar-refractivity contribution in [2.24, 2.45) is 0 Å². The largest absolute Gasteiger partial charge is 0.461 e. The molecule has 1 aliphatic rings. The molecule has 1 fully saturated rings. The maximum Gasteiger partial charge on any atom is 0.315 e. The van der Waals surface area contributed by atoms with Gasteiger partial charge in [-0.05, 0) is 32.3 Å². The number of aryl methyl sites for hydroxylation is 1. The van der Waals surface area contributed by atoms with Crippen LogP contribution < -0.4 is 16.0 Å². The molecule has 1 aliphatic heterocycles. The lowest BCUT2D eigenvalue weighted by molar-refractivity contribution is -0.122. The number of hydrogen-bond acceptors (Lipinski definition) is 3. The first-order valence-corrected chi connectivity index (χ1v) is 7.94. The van der Waals surface area contributed by atoms with Gasteiger partial charge in [0.25, 0.3) is 0 Å². The minimum atomic E-state index is -0.459. The second kappa shape index (κ2) is 6.73. The Morgan fingerprint density at radius 2 is 2.17 bits per heavy atom. The summed E-state index contributed by atoms with van der Waals surface area (Å²) in [7, 11) is 0. The predicted octanol–water partition coefficient (Wildman–Crippen LogP) is 2.21. The Hall–Kier alpha value is -2.50. The SMILES string of the molecule is Cc1oc2ccccc2c1CNC(=O)NC1CCCCNC1=O. The van der Waals surface area contributed by atoms with Crippen molar-refractivity contribution in [3.8, 4) is 0 Å². The Bertz CT molecular complexity index is 723. The van der Waals surface area contributed by atoms with E-state index in [1.807, 2.05) is 31.2 Å². The van der Waals surface area contributed by atoms with E-state index >= 15 is 0 Å². The highest BCUT2D eigenvalue weighted by Crippen LogP contribution is 2.24. The number of carbonyl (C=O) groups is 2. The number of hydrogen-bond donors (Lipinski definition) is 3. The Kier molecular flexibility index (Phi) is 4.50. The molecule has 122 valence electrons. The molecule has 0 aliphatic carbocycles. The van der Waals surface area contributed by atoms with Gasteiger partial charge in [0.1, 0.15) is 17.4 Å². The van der Waals surface area contributed by atoms with E-state index in [9.17, 15) is 9.59 Å². The number of fused-ring (bicyclic) bond motifs is 1. The Morgan fingerprint density at radius 3 is 3.04 bits per heavy atom. The van der Waals surface area contributed by atoms with Gasteiger partial charge in [-0.25, -0.2) is 4.79 Å². The highest BCUT2D eigenvalue weighted by atomic mass is 16.3. The first kappa shape index (κ1) is 15.4. The van der Waals surface area contributed by atoms with Crippen LogP contribution in [0.1, 0.15) is 30.6 Å². The van der Waals surface area contributed by atoms with Gasteiger partial charge in [-0.2, -0.15) is 0 Å². The van der Waals surface area contributed by atoms with Gasteiger partial charge >= 0.3 is 6.03 Å². The van der Waals surface area contributed by atoms with Crippen molar-refractivity contribution in [2.75, 3.05) is 6.54 Å². The zero-order valence-electron chi connectivity index (χ0n) is 13.1. The van der Waals surface area contributed by atoms with E-state index in [4.69, 9.17) is 4.42 Å². The molecule has 1 saturated heterocycles. The molecular formula is C17H21N3O3. The van der Waals surface area contributed by atoms with Crippen LogP contribution in [0.5, 0.6) is 0 Å². The van der Waals surface area contributed by atoms with Crippen LogP contribution >= 0.6 is 0 Å². The normalized spacial score (nSPS) is 18.3. The van der Waals surface area contributed by atoms with Gasteiger partial charge in [0.15, 0.2) is 0 Å². The van der Waals surface area contributed by atoms with E-state index < -0.39 is 6.04 Å². The van der Waals surface area contributed by atoms with Crippen LogP contribution in [0.15, 0.2) is 28.7 Å². The molecule has 1 atom stereocenters. The first-order valence-electron chi connectivity index (χ1n) is 7.94. The van der Waals surface area contributed by atoms with E-state index in [1.54, 1.807) is 0 Å². The molecule has 3 N–H and O–H groups in total. The molecule has 23 heavy (non-hydrogen) atoms. The summed E-state index contributed by atoms with van der Waals surface area (Å²) in [6.45, 7) is 2.93. The molecule has 2 aromatic rings. The summed E-state index contributed by atoms with van der Waals surface area (Å²) >= 11 is 0. The second-order valence-corrected chi connectivity index (χ2v) is 5.80. The average molecular weight is 315 g/mol. The number of benzene rings is 1. The van der Waals surface area contributed by atoms with E-state index in [0.717, 1.165) is 35.1 Å². The molecule has 3 amide bonds. The Balaban J connectivity index is 1.62. The van der Waals surface area contributed by atoms with Crippen molar-refractivity contribution in [3.63, 3.8) is 0 Å². The standard InChI is InChI=1S/C17H21N3O3/c1-11-13(12-6-2-3-8-15(12)23-11)10-19-17(22)20-14-7-4-5-9-18-16(14)21/h2-3,6,8,14H,4-5,7,9-10H2,1H3,(H,18,21)(H2,19,20,22). The summed E-state index contributed by atoms with van der Waals surface area (Å²) < 4.78 is 5.68. The fourth-order valence-corrected chi connectivity index (χ4v) is 2.90. The summed E-state index contributed by atoms with van der Waals surface area (Å²) in [6, 6.07) is 6.94. The summed E-state index contributed by atoms with van der Waals surface area (Å²) in [6.07, 6.45) is 2.55. The third kappa shape index (κ3) is 3.47. The summed E-state index contributed by atoms with van der Waals surface area (Å²) in [5.74, 6) is 0.682. The van der Waals surface area contributed by atoms with Gasteiger partial charge in [0.2, 0.25) is 5.91 Å². The maximum atomic E-state index is 12.1. The van der Waals surface area contributed by atoms with Crippen LogP contribution in [-0.4, -0.2) is 24.5 Å². The van der Waals surface area contributed by atoms with Crippen LogP contribution in [0.25, 0.3) is 11.0 Å². The van der Waals surface area contributed by atoms with Gasteiger partial charge in [-0.1, -0.05) is 18.2 Å². The number of urea groups is 1. The summed E-state index contributed by atoms with van der Waals surface area (Å²) in [5.41, 5.74) is 1.77. The van der Waals surface area contributed by atoms with Gasteiger partial charge in [-0.15, -0.1) is 0 Å². The van der Waals surface area contributed by atoms with Crippen molar-refractivity contribution < 1.29 is 14.0 Å². The number of carbonyl (C=O) groups excluding carboxylic acids is 2. The molecule has 6 nitrogen and oxygen atoms in total. The quantitative estimate of drug-likeness (QED) is 0.812. The van der Waals surface area contributed by atoms with Gasteiger partial charge < -0.3 is 20.4 Å². The van der Waals surface area contributed by atoms with E-state index in [1.165, 1.54) is 0 Å². The topological polar surface area (TPSA) is 83.4 Å². The summed E-state index contributed by atoms with van der Waals surface area (Å²) in [5, 5.41) is 9.37. The minimum Gasteiger partial charge on any atom is -0.461 e. The fourth-order valence-electron chi connectivity index (χ4n) is 2.90. The van der Waals surface area contributed by atoms with Crippen LogP contribution in [0.4, 0.5) is 4.79 Å². The molecule has 1 aromatic heterocycles. The van der Waals surface area contributed by atoms with Crippen molar-refractivity contribution >= 4 is 22.9 Å². The molecule has 0 spiro atoms. The molecule has 0 saturated carbocycles. The number of rotatable bonds is 3. The van der Waals surface area contributed by atoms with Crippen molar-refractivity contribution in [1.82, 2.24) is 16.0 Å². The molecule has 3 rings (SSSR count). The second-order valence-electron chi connectivity index (χ2n) is 5.80. The van der Waals surface area contributed by atoms with E-state index in [2.05, 4.69) is 16.0 Å². The van der Waals surface area contributed by atoms with Crippen LogP contribution in [0.2, 0.25) is 0 Å². The molecule has 6 heteroatoms. The lowest BCUT2D eigenvalue weighted by Gasteiger charge is -2.15. The zero-order valence-corrected chi connectivity index (χ0v) is 13.1. The highest BCUT2D eigenvalue weighted by molar-refractivity contribution is 5.87. The average Bonchev–Trinajstić information content (AvgIpc) is 2.72. The van der Waals surface area contributed by atoms with Gasteiger partial charge in [0.05, 0.1) is 0 Å². The first-order chi connectivity index (χ1) is 11.1. The van der Waals surface area contributed by atoms with Gasteiger partial charge in [-0.3, -0.25) is 4.79 Å². The lowest BCUT2D eigenvalue weighted by Crippen LogP contribution is -2.48. The van der Waals surface area contributed by atoms with Crippen molar-refractivity contribution in [1.29, 1.82) is 0 Å². The molecule has 0 bridgehead atoms. The smallest absolute Gasteiger partial charge is 0.315 e. The molecule has 2 heterocycles. The molecule has 1 unspecified atom stereocenters. The van der Waals surface area contributed by atoms with Gasteiger partial charge in [0, 0.05) is 24.0 Å². The fraction of sp³-hybridized carbons (Fsp3) is 0.412. The van der Waals surface area contributed by atoms with E-state index in [-0.39, 0.29) is 11.9 Å². The van der Waals surface area contributed by atoms with Crippen molar-refractivity contribution in [3.05, 3.63) is 35.6 Å². The maximum absolute atomic E-state index is 12.1. The minimum absolute atomic E-state index is 0.109. The highest BCUT2D eigenvalue weighted by Gasteiger charge is 2.22. The predicted molar refractivity (Wildman–Crippen MR) is 87.0 cm³/mol. The monoisotopic (exact) mass is 315 g/mol. The Labute approximate surface area is 134 Å². The van der Waals surface area contributed by atoms with Crippen LogP contribution in [-0.2, 0) is 11.3 Å². The number of nitrogens with one attached hydrogen (secondary N) is 3. The molecular weight excluding hydrogens is 294 g/mol. The third-order valence-electron chi connectivity index (χ3n) is 4.17. The number of furan rings is 1. The Morgan fingerprint density at radius 1 is 1.35 bits per heavy atom.